The molecule has 0 aliphatic rings. The lowest BCUT2D eigenvalue weighted by atomic mass is 10.1. The van der Waals surface area contributed by atoms with Crippen molar-refractivity contribution in [1.29, 1.82) is 0 Å². The molecule has 2 aromatic rings. The summed E-state index contributed by atoms with van der Waals surface area (Å²) in [5, 5.41) is 3.58. The molecule has 1 heterocycles. The van der Waals surface area contributed by atoms with Crippen LogP contribution in [0.5, 0.6) is 0 Å². The van der Waals surface area contributed by atoms with Gasteiger partial charge < -0.3 is 0 Å². The average molecular weight is 334 g/mol. The molecule has 1 aromatic carbocycles. The van der Waals surface area contributed by atoms with Crippen molar-refractivity contribution in [2.24, 2.45) is 0 Å². The van der Waals surface area contributed by atoms with Crippen LogP contribution in [0.15, 0.2) is 22.4 Å². The second-order valence-corrected chi connectivity index (χ2v) is 5.91. The maximum absolute atomic E-state index is 2.47. The number of halogens is 1. The van der Waals surface area contributed by atoms with Gasteiger partial charge in [0.1, 0.15) is 0 Å². The standard InChI is InChI=1S/C11H11IS2/c1-3-8-10(12)9(13-2)6-7-4-5-14-11(7)8/h4-6H,3H2,1-2H3. The van der Waals surface area contributed by atoms with Gasteiger partial charge in [-0.3, -0.25) is 0 Å². The SMILES string of the molecule is CCc1c(I)c(SC)cc2ccsc12. The maximum atomic E-state index is 2.47. The molecule has 0 saturated carbocycles. The summed E-state index contributed by atoms with van der Waals surface area (Å²) in [4.78, 5) is 1.41. The largest absolute Gasteiger partial charge is 0.143 e. The summed E-state index contributed by atoms with van der Waals surface area (Å²) in [7, 11) is 0. The Hall–Kier alpha value is 0.260. The van der Waals surface area contributed by atoms with Crippen molar-refractivity contribution in [3.05, 3.63) is 26.6 Å². The maximum Gasteiger partial charge on any atom is 0.0385 e. The number of rotatable bonds is 2. The zero-order valence-electron chi connectivity index (χ0n) is 8.13. The lowest BCUT2D eigenvalue weighted by Gasteiger charge is -2.08. The van der Waals surface area contributed by atoms with Gasteiger partial charge in [-0.2, -0.15) is 0 Å². The van der Waals surface area contributed by atoms with E-state index in [0.717, 1.165) is 6.42 Å². The van der Waals surface area contributed by atoms with Crippen molar-refractivity contribution in [2.45, 2.75) is 18.2 Å². The first-order valence-electron chi connectivity index (χ1n) is 4.50. The molecule has 0 aliphatic carbocycles. The highest BCUT2D eigenvalue weighted by Gasteiger charge is 2.09. The van der Waals surface area contributed by atoms with E-state index in [-0.39, 0.29) is 0 Å². The predicted molar refractivity (Wildman–Crippen MR) is 75.7 cm³/mol. The van der Waals surface area contributed by atoms with Crippen LogP contribution < -0.4 is 0 Å². The van der Waals surface area contributed by atoms with E-state index in [1.807, 2.05) is 23.1 Å². The molecule has 0 amide bonds. The Morgan fingerprint density at radius 3 is 2.93 bits per heavy atom. The van der Waals surface area contributed by atoms with Gasteiger partial charge in [-0.05, 0) is 63.7 Å². The topological polar surface area (TPSA) is 0 Å². The molecule has 0 atom stereocenters. The fourth-order valence-corrected chi connectivity index (χ4v) is 4.80. The number of aryl methyl sites for hydroxylation is 1. The van der Waals surface area contributed by atoms with E-state index in [0.29, 0.717) is 0 Å². The molecular weight excluding hydrogens is 323 g/mol. The van der Waals surface area contributed by atoms with E-state index >= 15 is 0 Å². The first-order valence-corrected chi connectivity index (χ1v) is 7.68. The monoisotopic (exact) mass is 334 g/mol. The molecule has 0 saturated heterocycles. The van der Waals surface area contributed by atoms with Gasteiger partial charge in [-0.15, -0.1) is 23.1 Å². The molecule has 0 bridgehead atoms. The van der Waals surface area contributed by atoms with Crippen molar-refractivity contribution in [2.75, 3.05) is 6.26 Å². The van der Waals surface area contributed by atoms with Crippen LogP contribution in [0.4, 0.5) is 0 Å². The van der Waals surface area contributed by atoms with Crippen molar-refractivity contribution in [1.82, 2.24) is 0 Å². The Kier molecular flexibility index (Phi) is 3.39. The van der Waals surface area contributed by atoms with Crippen molar-refractivity contribution < 1.29 is 0 Å². The van der Waals surface area contributed by atoms with Gasteiger partial charge in [0, 0.05) is 13.2 Å². The molecule has 0 nitrogen and oxygen atoms in total. The van der Waals surface area contributed by atoms with Gasteiger partial charge in [0.2, 0.25) is 0 Å². The minimum absolute atomic E-state index is 1.13. The number of fused-ring (bicyclic) bond motifs is 1. The first kappa shape index (κ1) is 10.8. The number of hydrogen-bond acceptors (Lipinski definition) is 2. The lowest BCUT2D eigenvalue weighted by Crippen LogP contribution is -1.89. The molecule has 0 spiro atoms. The summed E-state index contributed by atoms with van der Waals surface area (Å²) in [6.07, 6.45) is 3.28. The summed E-state index contributed by atoms with van der Waals surface area (Å²) in [5.41, 5.74) is 1.52. The third kappa shape index (κ3) is 1.70. The van der Waals surface area contributed by atoms with Gasteiger partial charge in [-0.25, -0.2) is 0 Å². The van der Waals surface area contributed by atoms with Crippen LogP contribution >= 0.6 is 45.7 Å². The van der Waals surface area contributed by atoms with Gasteiger partial charge in [0.15, 0.2) is 0 Å². The summed E-state index contributed by atoms with van der Waals surface area (Å²) in [6, 6.07) is 4.52. The van der Waals surface area contributed by atoms with Crippen LogP contribution in [0.2, 0.25) is 0 Å². The van der Waals surface area contributed by atoms with Gasteiger partial charge >= 0.3 is 0 Å². The molecule has 0 fully saturated rings. The molecular formula is C11H11IS2. The number of thioether (sulfide) groups is 1. The Morgan fingerprint density at radius 2 is 2.29 bits per heavy atom. The minimum Gasteiger partial charge on any atom is -0.143 e. The number of hydrogen-bond donors (Lipinski definition) is 0. The lowest BCUT2D eigenvalue weighted by molar-refractivity contribution is 1.13. The molecule has 1 aromatic heterocycles. The third-order valence-electron chi connectivity index (χ3n) is 2.31. The van der Waals surface area contributed by atoms with Gasteiger partial charge in [0.25, 0.3) is 0 Å². The number of thiophene rings is 1. The molecule has 0 radical (unpaired) electrons. The molecule has 0 unspecified atom stereocenters. The summed E-state index contributed by atoms with van der Waals surface area (Å²) in [6.45, 7) is 2.24. The summed E-state index contributed by atoms with van der Waals surface area (Å²) >= 11 is 6.17. The van der Waals surface area contributed by atoms with E-state index in [4.69, 9.17) is 0 Å². The highest BCUT2D eigenvalue weighted by molar-refractivity contribution is 14.1. The highest BCUT2D eigenvalue weighted by Crippen LogP contribution is 2.35. The second-order valence-electron chi connectivity index (χ2n) is 3.06. The summed E-state index contributed by atoms with van der Waals surface area (Å²) < 4.78 is 2.90. The summed E-state index contributed by atoms with van der Waals surface area (Å²) in [5.74, 6) is 0. The minimum atomic E-state index is 1.13. The fraction of sp³-hybridized carbons (Fsp3) is 0.273. The molecule has 2 rings (SSSR count). The van der Waals surface area contributed by atoms with Crippen molar-refractivity contribution >= 4 is 55.8 Å². The third-order valence-corrected chi connectivity index (χ3v) is 5.66. The first-order chi connectivity index (χ1) is 6.77. The van der Waals surface area contributed by atoms with E-state index < -0.39 is 0 Å². The molecule has 3 heteroatoms. The smallest absolute Gasteiger partial charge is 0.0385 e. The van der Waals surface area contributed by atoms with Crippen molar-refractivity contribution in [3.63, 3.8) is 0 Å². The van der Waals surface area contributed by atoms with Gasteiger partial charge in [0.05, 0.1) is 0 Å². The number of benzene rings is 1. The van der Waals surface area contributed by atoms with E-state index in [1.165, 1.54) is 24.1 Å². The molecule has 0 aliphatic heterocycles. The van der Waals surface area contributed by atoms with Crippen LogP contribution in [0.1, 0.15) is 12.5 Å². The van der Waals surface area contributed by atoms with Crippen LogP contribution in [-0.2, 0) is 6.42 Å². The van der Waals surface area contributed by atoms with Crippen LogP contribution in [0.25, 0.3) is 10.1 Å². The predicted octanol–water partition coefficient (Wildman–Crippen LogP) is 4.79. The Labute approximate surface area is 106 Å². The highest BCUT2D eigenvalue weighted by atomic mass is 127. The van der Waals surface area contributed by atoms with E-state index in [1.54, 1.807) is 0 Å². The Bertz CT molecular complexity index is 460. The fourth-order valence-electron chi connectivity index (χ4n) is 1.60. The van der Waals surface area contributed by atoms with E-state index in [9.17, 15) is 0 Å². The Balaban J connectivity index is 2.80. The van der Waals surface area contributed by atoms with Crippen LogP contribution in [-0.4, -0.2) is 6.26 Å². The zero-order valence-corrected chi connectivity index (χ0v) is 11.9. The van der Waals surface area contributed by atoms with Crippen molar-refractivity contribution in [3.8, 4) is 0 Å². The Morgan fingerprint density at radius 1 is 1.50 bits per heavy atom. The van der Waals surface area contributed by atoms with Crippen LogP contribution in [0.3, 0.4) is 0 Å². The average Bonchev–Trinajstić information content (AvgIpc) is 2.64. The van der Waals surface area contributed by atoms with Gasteiger partial charge in [-0.1, -0.05) is 6.92 Å². The molecule has 0 N–H and O–H groups in total. The molecule has 14 heavy (non-hydrogen) atoms. The van der Waals surface area contributed by atoms with E-state index in [2.05, 4.69) is 53.3 Å². The van der Waals surface area contributed by atoms with Crippen LogP contribution in [0, 0.1) is 3.57 Å². The molecule has 74 valence electrons. The zero-order chi connectivity index (χ0) is 10.1. The normalized spacial score (nSPS) is 11.1. The second kappa shape index (κ2) is 4.41. The quantitative estimate of drug-likeness (QED) is 0.562.